The van der Waals surface area contributed by atoms with Crippen LogP contribution >= 0.6 is 0 Å². The molecule has 1 N–H and O–H groups in total. The lowest BCUT2D eigenvalue weighted by molar-refractivity contribution is -0.120. The van der Waals surface area contributed by atoms with E-state index in [9.17, 15) is 4.79 Å². The molecule has 0 bridgehead atoms. The molecule has 4 nitrogen and oxygen atoms in total. The number of anilines is 1. The van der Waals surface area contributed by atoms with Crippen LogP contribution in [0.25, 0.3) is 0 Å². The number of hydrogen-bond acceptors (Lipinski definition) is 3. The van der Waals surface area contributed by atoms with E-state index in [1.165, 1.54) is 5.56 Å². The van der Waals surface area contributed by atoms with Crippen LogP contribution < -0.4 is 5.32 Å². The number of likely N-dealkylation sites (N-methyl/N-ethyl adjacent to an activating group) is 1. The number of amides is 1. The standard InChI is InChI=1S/C16H26N2O2/c1-5-14-7-9-15(10-8-14)17-16(19)13(2)18(3)11-6-12-20-4/h7-10,13H,5-6,11-12H2,1-4H3,(H,17,19). The summed E-state index contributed by atoms with van der Waals surface area (Å²) in [6, 6.07) is 7.84. The zero-order valence-electron chi connectivity index (χ0n) is 13.0. The number of hydrogen-bond donors (Lipinski definition) is 1. The number of nitrogens with one attached hydrogen (secondary N) is 1. The Hall–Kier alpha value is -1.39. The summed E-state index contributed by atoms with van der Waals surface area (Å²) in [5, 5.41) is 2.95. The Bertz CT molecular complexity index is 403. The molecule has 1 aromatic carbocycles. The summed E-state index contributed by atoms with van der Waals surface area (Å²) < 4.78 is 5.02. The summed E-state index contributed by atoms with van der Waals surface area (Å²) in [5.41, 5.74) is 2.12. The van der Waals surface area contributed by atoms with E-state index in [0.29, 0.717) is 0 Å². The second-order valence-electron chi connectivity index (χ2n) is 5.04. The number of aryl methyl sites for hydroxylation is 1. The van der Waals surface area contributed by atoms with Gasteiger partial charge >= 0.3 is 0 Å². The Morgan fingerprint density at radius 2 is 2.00 bits per heavy atom. The predicted octanol–water partition coefficient (Wildman–Crippen LogP) is 2.54. The molecule has 0 aromatic heterocycles. The van der Waals surface area contributed by atoms with Crippen molar-refractivity contribution in [3.05, 3.63) is 29.8 Å². The van der Waals surface area contributed by atoms with Crippen LogP contribution in [0, 0.1) is 0 Å². The van der Waals surface area contributed by atoms with Crippen LogP contribution in [0.15, 0.2) is 24.3 Å². The second-order valence-corrected chi connectivity index (χ2v) is 5.04. The number of carbonyl (C=O) groups is 1. The molecular weight excluding hydrogens is 252 g/mol. The minimum Gasteiger partial charge on any atom is -0.385 e. The molecule has 0 aliphatic heterocycles. The van der Waals surface area contributed by atoms with Crippen molar-refractivity contribution >= 4 is 11.6 Å². The molecule has 0 aliphatic rings. The lowest BCUT2D eigenvalue weighted by Gasteiger charge is -2.23. The van der Waals surface area contributed by atoms with Gasteiger partial charge in [-0.15, -0.1) is 0 Å². The smallest absolute Gasteiger partial charge is 0.241 e. The van der Waals surface area contributed by atoms with Crippen LogP contribution in [0.3, 0.4) is 0 Å². The zero-order chi connectivity index (χ0) is 15.0. The van der Waals surface area contributed by atoms with E-state index in [2.05, 4.69) is 12.2 Å². The largest absolute Gasteiger partial charge is 0.385 e. The molecule has 0 saturated heterocycles. The molecule has 0 spiro atoms. The molecule has 1 atom stereocenters. The number of benzene rings is 1. The number of ether oxygens (including phenoxy) is 1. The van der Waals surface area contributed by atoms with Crippen LogP contribution in [-0.2, 0) is 16.0 Å². The molecule has 112 valence electrons. The van der Waals surface area contributed by atoms with E-state index in [0.717, 1.165) is 31.7 Å². The van der Waals surface area contributed by atoms with E-state index in [4.69, 9.17) is 4.74 Å². The first-order valence-electron chi connectivity index (χ1n) is 7.17. The maximum atomic E-state index is 12.2. The molecular formula is C16H26N2O2. The fraction of sp³-hybridized carbons (Fsp3) is 0.562. The van der Waals surface area contributed by atoms with Crippen molar-refractivity contribution in [2.75, 3.05) is 32.6 Å². The van der Waals surface area contributed by atoms with Gasteiger partial charge in [0.2, 0.25) is 5.91 Å². The molecule has 0 heterocycles. The second kappa shape index (κ2) is 8.72. The molecule has 1 unspecified atom stereocenters. The predicted molar refractivity (Wildman–Crippen MR) is 83.0 cm³/mol. The van der Waals surface area contributed by atoms with E-state index in [1.54, 1.807) is 7.11 Å². The first kappa shape index (κ1) is 16.7. The molecule has 4 heteroatoms. The Kier molecular flexibility index (Phi) is 7.26. The quantitative estimate of drug-likeness (QED) is 0.743. The van der Waals surface area contributed by atoms with Gasteiger partial charge < -0.3 is 10.1 Å². The van der Waals surface area contributed by atoms with Gasteiger partial charge in [-0.25, -0.2) is 0 Å². The van der Waals surface area contributed by atoms with Gasteiger partial charge in [-0.1, -0.05) is 19.1 Å². The molecule has 1 amide bonds. The van der Waals surface area contributed by atoms with Crippen molar-refractivity contribution in [3.8, 4) is 0 Å². The van der Waals surface area contributed by atoms with Gasteiger partial charge in [-0.3, -0.25) is 9.69 Å². The van der Waals surface area contributed by atoms with Crippen LogP contribution in [0.5, 0.6) is 0 Å². The molecule has 0 saturated carbocycles. The summed E-state index contributed by atoms with van der Waals surface area (Å²) in [4.78, 5) is 14.2. The van der Waals surface area contributed by atoms with Gasteiger partial charge in [0.15, 0.2) is 0 Å². The highest BCUT2D eigenvalue weighted by atomic mass is 16.5. The molecule has 1 aromatic rings. The van der Waals surface area contributed by atoms with Gasteiger partial charge in [-0.05, 0) is 44.5 Å². The van der Waals surface area contributed by atoms with Crippen molar-refractivity contribution in [2.24, 2.45) is 0 Å². The average molecular weight is 278 g/mol. The minimum atomic E-state index is -0.155. The van der Waals surface area contributed by atoms with E-state index >= 15 is 0 Å². The lowest BCUT2D eigenvalue weighted by Crippen LogP contribution is -2.40. The first-order valence-corrected chi connectivity index (χ1v) is 7.17. The zero-order valence-corrected chi connectivity index (χ0v) is 13.0. The molecule has 0 fully saturated rings. The van der Waals surface area contributed by atoms with Crippen molar-refractivity contribution < 1.29 is 9.53 Å². The molecule has 1 rings (SSSR count). The normalized spacial score (nSPS) is 12.4. The Morgan fingerprint density at radius 3 is 2.55 bits per heavy atom. The maximum Gasteiger partial charge on any atom is 0.241 e. The van der Waals surface area contributed by atoms with Crippen molar-refractivity contribution in [3.63, 3.8) is 0 Å². The molecule has 20 heavy (non-hydrogen) atoms. The van der Waals surface area contributed by atoms with Crippen molar-refractivity contribution in [1.29, 1.82) is 0 Å². The highest BCUT2D eigenvalue weighted by molar-refractivity contribution is 5.94. The molecule has 0 aliphatic carbocycles. The van der Waals surface area contributed by atoms with E-state index < -0.39 is 0 Å². The Labute approximate surface area is 122 Å². The number of rotatable bonds is 8. The highest BCUT2D eigenvalue weighted by Crippen LogP contribution is 2.11. The van der Waals surface area contributed by atoms with E-state index in [-0.39, 0.29) is 11.9 Å². The summed E-state index contributed by atoms with van der Waals surface area (Å²) in [7, 11) is 3.65. The summed E-state index contributed by atoms with van der Waals surface area (Å²) in [5.74, 6) is 0.0224. The maximum absolute atomic E-state index is 12.2. The fourth-order valence-corrected chi connectivity index (χ4v) is 1.92. The van der Waals surface area contributed by atoms with E-state index in [1.807, 2.05) is 43.1 Å². The number of nitrogens with zero attached hydrogens (tertiary/aromatic N) is 1. The van der Waals surface area contributed by atoms with Gasteiger partial charge in [0, 0.05) is 25.9 Å². The number of methoxy groups -OCH3 is 1. The molecule has 0 radical (unpaired) electrons. The fourth-order valence-electron chi connectivity index (χ4n) is 1.92. The summed E-state index contributed by atoms with van der Waals surface area (Å²) in [6.45, 7) is 5.60. The average Bonchev–Trinajstić information content (AvgIpc) is 2.47. The third kappa shape index (κ3) is 5.31. The van der Waals surface area contributed by atoms with Crippen LogP contribution in [0.1, 0.15) is 25.8 Å². The van der Waals surface area contributed by atoms with Crippen LogP contribution in [-0.4, -0.2) is 44.2 Å². The Morgan fingerprint density at radius 1 is 1.35 bits per heavy atom. The van der Waals surface area contributed by atoms with Crippen molar-refractivity contribution in [2.45, 2.75) is 32.7 Å². The van der Waals surface area contributed by atoms with Gasteiger partial charge in [0.1, 0.15) is 0 Å². The van der Waals surface area contributed by atoms with Gasteiger partial charge in [0.05, 0.1) is 6.04 Å². The highest BCUT2D eigenvalue weighted by Gasteiger charge is 2.17. The van der Waals surface area contributed by atoms with Crippen molar-refractivity contribution in [1.82, 2.24) is 4.90 Å². The first-order chi connectivity index (χ1) is 9.58. The SMILES string of the molecule is CCc1ccc(NC(=O)C(C)N(C)CCCOC)cc1. The summed E-state index contributed by atoms with van der Waals surface area (Å²) >= 11 is 0. The Balaban J connectivity index is 2.47. The minimum absolute atomic E-state index is 0.0224. The van der Waals surface area contributed by atoms with Crippen LogP contribution in [0.2, 0.25) is 0 Å². The lowest BCUT2D eigenvalue weighted by atomic mass is 10.1. The van der Waals surface area contributed by atoms with Crippen LogP contribution in [0.4, 0.5) is 5.69 Å². The third-order valence-electron chi connectivity index (χ3n) is 3.53. The summed E-state index contributed by atoms with van der Waals surface area (Å²) in [6.07, 6.45) is 1.93. The topological polar surface area (TPSA) is 41.6 Å². The van der Waals surface area contributed by atoms with Gasteiger partial charge in [-0.2, -0.15) is 0 Å². The third-order valence-corrected chi connectivity index (χ3v) is 3.53. The van der Waals surface area contributed by atoms with Gasteiger partial charge in [0.25, 0.3) is 0 Å². The number of carbonyl (C=O) groups excluding carboxylic acids is 1. The monoisotopic (exact) mass is 278 g/mol.